The Bertz CT molecular complexity index is 834. The number of ether oxygens (including phenoxy) is 2. The summed E-state index contributed by atoms with van der Waals surface area (Å²) in [5, 5.41) is 7.35. The van der Waals surface area contributed by atoms with Gasteiger partial charge in [-0.2, -0.15) is 5.10 Å². The second-order valence-electron chi connectivity index (χ2n) is 7.61. The van der Waals surface area contributed by atoms with E-state index in [-0.39, 0.29) is 18.1 Å². The molecule has 1 amide bonds. The number of likely N-dealkylation sites (tertiary alicyclic amines) is 1. The van der Waals surface area contributed by atoms with Gasteiger partial charge in [0.2, 0.25) is 0 Å². The Morgan fingerprint density at radius 3 is 2.74 bits per heavy atom. The molecule has 1 saturated heterocycles. The number of nitrogens with zero attached hydrogens (tertiary/aromatic N) is 4. The van der Waals surface area contributed by atoms with Crippen LogP contribution in [0, 0.1) is 0 Å². The first-order valence-electron chi connectivity index (χ1n) is 9.50. The van der Waals surface area contributed by atoms with Crippen LogP contribution in [0.1, 0.15) is 60.4 Å². The summed E-state index contributed by atoms with van der Waals surface area (Å²) in [6.45, 7) is 5.24. The summed E-state index contributed by atoms with van der Waals surface area (Å²) >= 11 is 0. The van der Waals surface area contributed by atoms with Gasteiger partial charge in [0.1, 0.15) is 11.4 Å². The molecule has 0 aromatic carbocycles. The first kappa shape index (κ1) is 18.2. The van der Waals surface area contributed by atoms with Crippen LogP contribution in [0.3, 0.4) is 0 Å². The van der Waals surface area contributed by atoms with Gasteiger partial charge >= 0.3 is 0 Å². The summed E-state index contributed by atoms with van der Waals surface area (Å²) < 4.78 is 13.7. The fraction of sp³-hybridized carbons (Fsp3) is 0.632. The molecule has 4 heterocycles. The number of carbonyl (C=O) groups excluding carboxylic acids is 1. The average Bonchev–Trinajstić information content (AvgIpc) is 3.28. The Hall–Kier alpha value is -2.19. The maximum atomic E-state index is 13.1. The average molecular weight is 373 g/mol. The molecule has 2 aliphatic heterocycles. The lowest BCUT2D eigenvalue weighted by Gasteiger charge is -2.40. The Morgan fingerprint density at radius 2 is 2.11 bits per heavy atom. The van der Waals surface area contributed by atoms with Gasteiger partial charge in [0.25, 0.3) is 5.91 Å². The first-order valence-corrected chi connectivity index (χ1v) is 9.50. The predicted molar refractivity (Wildman–Crippen MR) is 98.3 cm³/mol. The molecule has 0 aliphatic carbocycles. The van der Waals surface area contributed by atoms with Gasteiger partial charge < -0.3 is 18.9 Å². The van der Waals surface area contributed by atoms with E-state index in [2.05, 4.69) is 15.2 Å². The van der Waals surface area contributed by atoms with Crippen molar-refractivity contribution < 1.29 is 14.3 Å². The molecular weight excluding hydrogens is 346 g/mol. The van der Waals surface area contributed by atoms with Crippen molar-refractivity contribution in [3.05, 3.63) is 35.2 Å². The molecular formula is C19H27N5O3. The van der Waals surface area contributed by atoms with Gasteiger partial charge in [-0.15, -0.1) is 0 Å². The number of H-pyrrole nitrogens is 1. The monoisotopic (exact) mass is 373 g/mol. The highest BCUT2D eigenvalue weighted by atomic mass is 16.5. The number of nitrogens with one attached hydrogen (secondary N) is 1. The molecule has 2 aromatic heterocycles. The van der Waals surface area contributed by atoms with Crippen LogP contribution < -0.4 is 0 Å². The summed E-state index contributed by atoms with van der Waals surface area (Å²) in [7, 11) is 3.69. The first-order chi connectivity index (χ1) is 12.9. The van der Waals surface area contributed by atoms with Crippen molar-refractivity contribution in [3.63, 3.8) is 0 Å². The van der Waals surface area contributed by atoms with E-state index in [1.165, 1.54) is 0 Å². The number of amides is 1. The van der Waals surface area contributed by atoms with Gasteiger partial charge in [0.15, 0.2) is 5.69 Å². The highest BCUT2D eigenvalue weighted by molar-refractivity contribution is 5.94. The van der Waals surface area contributed by atoms with Crippen LogP contribution in [0.2, 0.25) is 0 Å². The molecule has 0 unspecified atom stereocenters. The molecule has 0 spiro atoms. The SMILES string of the molecule is COC1(c2nccn2C)CCN(C(=O)c2n[nH]c3c2C[C@H](C)O[C@@H]3C)CC1. The third-order valence-electron chi connectivity index (χ3n) is 5.91. The zero-order valence-corrected chi connectivity index (χ0v) is 16.4. The standard InChI is InChI=1S/C19H27N5O3/c1-12-11-14-15(13(2)27-12)21-22-16(14)17(25)24-8-5-19(26-4,6-9-24)18-20-7-10-23(18)3/h7,10,12-13H,5-6,8-9,11H2,1-4H3,(H,21,22)/t12-,13+/m0/s1. The number of fused-ring (bicyclic) bond motifs is 1. The third kappa shape index (κ3) is 2.96. The zero-order valence-electron chi connectivity index (χ0n) is 16.4. The van der Waals surface area contributed by atoms with Gasteiger partial charge in [-0.1, -0.05) is 0 Å². The van der Waals surface area contributed by atoms with E-state index in [0.717, 1.165) is 17.1 Å². The maximum Gasteiger partial charge on any atom is 0.274 e. The lowest BCUT2D eigenvalue weighted by Crippen LogP contribution is -2.47. The van der Waals surface area contributed by atoms with E-state index in [4.69, 9.17) is 9.47 Å². The molecule has 0 saturated carbocycles. The highest BCUT2D eigenvalue weighted by Crippen LogP contribution is 2.36. The van der Waals surface area contributed by atoms with Gasteiger partial charge in [-0.3, -0.25) is 9.89 Å². The van der Waals surface area contributed by atoms with Crippen molar-refractivity contribution in [2.75, 3.05) is 20.2 Å². The number of carbonyl (C=O) groups is 1. The molecule has 146 valence electrons. The van der Waals surface area contributed by atoms with E-state index in [9.17, 15) is 4.79 Å². The number of piperidine rings is 1. The van der Waals surface area contributed by atoms with E-state index in [1.807, 2.05) is 36.6 Å². The molecule has 27 heavy (non-hydrogen) atoms. The van der Waals surface area contributed by atoms with Gasteiger partial charge in [-0.05, 0) is 13.8 Å². The number of methoxy groups -OCH3 is 1. The number of rotatable bonds is 3. The normalized spacial score (nSPS) is 24.7. The molecule has 8 heteroatoms. The Labute approximate surface area is 158 Å². The Balaban J connectivity index is 1.52. The fourth-order valence-corrected chi connectivity index (χ4v) is 4.39. The Kier molecular flexibility index (Phi) is 4.55. The Morgan fingerprint density at radius 1 is 1.37 bits per heavy atom. The third-order valence-corrected chi connectivity index (χ3v) is 5.91. The topological polar surface area (TPSA) is 85.3 Å². The van der Waals surface area contributed by atoms with Crippen LogP contribution in [-0.4, -0.2) is 56.9 Å². The smallest absolute Gasteiger partial charge is 0.274 e. The minimum absolute atomic E-state index is 0.0154. The molecule has 2 aromatic rings. The number of hydrogen-bond donors (Lipinski definition) is 1. The number of aromatic nitrogens is 4. The maximum absolute atomic E-state index is 13.1. The van der Waals surface area contributed by atoms with E-state index < -0.39 is 5.60 Å². The van der Waals surface area contributed by atoms with E-state index in [0.29, 0.717) is 38.0 Å². The van der Waals surface area contributed by atoms with Crippen molar-refractivity contribution in [3.8, 4) is 0 Å². The van der Waals surface area contributed by atoms with Crippen LogP contribution >= 0.6 is 0 Å². The number of imidazole rings is 1. The van der Waals surface area contributed by atoms with Crippen LogP contribution in [-0.2, 0) is 28.5 Å². The van der Waals surface area contributed by atoms with Crippen molar-refractivity contribution in [2.45, 2.75) is 50.9 Å². The summed E-state index contributed by atoms with van der Waals surface area (Å²) in [6.07, 6.45) is 5.86. The minimum Gasteiger partial charge on any atom is -0.370 e. The van der Waals surface area contributed by atoms with Crippen molar-refractivity contribution in [1.82, 2.24) is 24.6 Å². The van der Waals surface area contributed by atoms with Gasteiger partial charge in [-0.25, -0.2) is 4.98 Å². The second-order valence-corrected chi connectivity index (χ2v) is 7.61. The molecule has 2 aliphatic rings. The summed E-state index contributed by atoms with van der Waals surface area (Å²) in [5.74, 6) is 0.896. The van der Waals surface area contributed by atoms with E-state index >= 15 is 0 Å². The van der Waals surface area contributed by atoms with Crippen molar-refractivity contribution in [1.29, 1.82) is 0 Å². The molecule has 1 N–H and O–H groups in total. The molecule has 4 rings (SSSR count). The predicted octanol–water partition coefficient (Wildman–Crippen LogP) is 1.94. The zero-order chi connectivity index (χ0) is 19.2. The van der Waals surface area contributed by atoms with Crippen molar-refractivity contribution in [2.24, 2.45) is 7.05 Å². The van der Waals surface area contributed by atoms with Gasteiger partial charge in [0, 0.05) is 64.5 Å². The number of aromatic amines is 1. The fourth-order valence-electron chi connectivity index (χ4n) is 4.39. The lowest BCUT2D eigenvalue weighted by atomic mass is 9.89. The lowest BCUT2D eigenvalue weighted by molar-refractivity contribution is -0.0655. The van der Waals surface area contributed by atoms with Crippen LogP contribution in [0.5, 0.6) is 0 Å². The summed E-state index contributed by atoms with van der Waals surface area (Å²) in [5.41, 5.74) is 2.01. The molecule has 2 atom stereocenters. The number of hydrogen-bond acceptors (Lipinski definition) is 5. The summed E-state index contributed by atoms with van der Waals surface area (Å²) in [4.78, 5) is 19.5. The highest BCUT2D eigenvalue weighted by Gasteiger charge is 2.41. The second kappa shape index (κ2) is 6.76. The van der Waals surface area contributed by atoms with Crippen molar-refractivity contribution >= 4 is 5.91 Å². The largest absolute Gasteiger partial charge is 0.370 e. The van der Waals surface area contributed by atoms with Gasteiger partial charge in [0.05, 0.1) is 17.9 Å². The number of aryl methyl sites for hydroxylation is 1. The molecule has 0 radical (unpaired) electrons. The van der Waals surface area contributed by atoms with Crippen LogP contribution in [0.4, 0.5) is 0 Å². The quantitative estimate of drug-likeness (QED) is 0.889. The summed E-state index contributed by atoms with van der Waals surface area (Å²) in [6, 6.07) is 0. The van der Waals surface area contributed by atoms with Crippen LogP contribution in [0.15, 0.2) is 12.4 Å². The van der Waals surface area contributed by atoms with E-state index in [1.54, 1.807) is 13.3 Å². The van der Waals surface area contributed by atoms with Crippen LogP contribution in [0.25, 0.3) is 0 Å². The molecule has 0 bridgehead atoms. The molecule has 8 nitrogen and oxygen atoms in total. The minimum atomic E-state index is -0.448. The molecule has 1 fully saturated rings.